The van der Waals surface area contributed by atoms with Crippen molar-refractivity contribution in [3.63, 3.8) is 0 Å². The number of hydrogen-bond acceptors (Lipinski definition) is 1. The van der Waals surface area contributed by atoms with Crippen molar-refractivity contribution in [1.82, 2.24) is 0 Å². The molecule has 0 aromatic heterocycles. The number of carbonyl (C=O) groups is 1. The zero-order valence-corrected chi connectivity index (χ0v) is 17.3. The molecule has 0 amide bonds. The van der Waals surface area contributed by atoms with Crippen molar-refractivity contribution in [1.29, 1.82) is 0 Å². The van der Waals surface area contributed by atoms with Crippen LogP contribution in [0.4, 0.5) is 0 Å². The van der Waals surface area contributed by atoms with Crippen LogP contribution in [-0.4, -0.2) is 5.78 Å². The summed E-state index contributed by atoms with van der Waals surface area (Å²) in [4.78, 5) is 9.44. The Bertz CT molecular complexity index is 693. The van der Waals surface area contributed by atoms with E-state index in [4.69, 9.17) is 0 Å². The van der Waals surface area contributed by atoms with Crippen molar-refractivity contribution in [2.75, 3.05) is 0 Å². The fraction of sp³-hybridized carbons (Fsp3) is 0.320. The molecule has 1 nitrogen and oxygen atoms in total. The largest absolute Gasteiger partial charge is 0.300 e. The van der Waals surface area contributed by atoms with Gasteiger partial charge in [0.05, 0.1) is 0 Å². The number of benzene rings is 1. The molecule has 26 heavy (non-hydrogen) atoms. The van der Waals surface area contributed by atoms with Crippen LogP contribution >= 0.6 is 0 Å². The molecule has 2 rings (SSSR count). The van der Waals surface area contributed by atoms with Crippen LogP contribution in [0.2, 0.25) is 0 Å². The predicted molar refractivity (Wildman–Crippen MR) is 117 cm³/mol. The van der Waals surface area contributed by atoms with E-state index in [2.05, 4.69) is 75.1 Å². The van der Waals surface area contributed by atoms with Crippen molar-refractivity contribution >= 4 is 11.4 Å². The van der Waals surface area contributed by atoms with E-state index in [1.165, 1.54) is 41.7 Å². The number of aryl methyl sites for hydroxylation is 1. The normalized spacial score (nSPS) is 13.5. The lowest BCUT2D eigenvalue weighted by atomic mass is 9.92. The minimum atomic E-state index is 0.167. The summed E-state index contributed by atoms with van der Waals surface area (Å²) in [5.74, 6) is 0.167. The third-order valence-corrected chi connectivity index (χ3v) is 3.56. The van der Waals surface area contributed by atoms with Crippen molar-refractivity contribution in [2.24, 2.45) is 0 Å². The molecule has 140 valence electrons. The molecule has 1 heteroatoms. The van der Waals surface area contributed by atoms with Crippen LogP contribution in [0.25, 0.3) is 5.57 Å². The Morgan fingerprint density at radius 1 is 1.08 bits per heavy atom. The van der Waals surface area contributed by atoms with Gasteiger partial charge in [-0.25, -0.2) is 0 Å². The van der Waals surface area contributed by atoms with E-state index in [1.54, 1.807) is 0 Å². The average molecular weight is 351 g/mol. The SMILES string of the molecule is C=C/C(C)=C\C=C\C1=CC=C(c2cccc(C)c2)CC1.CC.CC(C)=O. The molecule has 0 heterocycles. The molecule has 1 aliphatic carbocycles. The van der Waals surface area contributed by atoms with E-state index < -0.39 is 0 Å². The van der Waals surface area contributed by atoms with Crippen molar-refractivity contribution in [3.05, 3.63) is 89.6 Å². The Morgan fingerprint density at radius 2 is 1.73 bits per heavy atom. The van der Waals surface area contributed by atoms with Gasteiger partial charge in [-0.05, 0) is 57.2 Å². The summed E-state index contributed by atoms with van der Waals surface area (Å²) in [5, 5.41) is 0. The summed E-state index contributed by atoms with van der Waals surface area (Å²) >= 11 is 0. The van der Waals surface area contributed by atoms with E-state index in [1.807, 2.05) is 19.9 Å². The Morgan fingerprint density at radius 3 is 2.23 bits per heavy atom. The van der Waals surface area contributed by atoms with Gasteiger partial charge in [0.2, 0.25) is 0 Å². The van der Waals surface area contributed by atoms with E-state index in [9.17, 15) is 4.79 Å². The van der Waals surface area contributed by atoms with Crippen LogP contribution in [-0.2, 0) is 4.79 Å². The average Bonchev–Trinajstić information content (AvgIpc) is 2.63. The topological polar surface area (TPSA) is 17.1 Å². The molecule has 0 spiro atoms. The zero-order valence-electron chi connectivity index (χ0n) is 17.3. The Labute approximate surface area is 160 Å². The lowest BCUT2D eigenvalue weighted by Gasteiger charge is -2.13. The highest BCUT2D eigenvalue weighted by molar-refractivity contribution is 5.72. The van der Waals surface area contributed by atoms with Gasteiger partial charge in [-0.1, -0.05) is 92.3 Å². The molecule has 0 fully saturated rings. The first-order valence-electron chi connectivity index (χ1n) is 9.33. The fourth-order valence-electron chi connectivity index (χ4n) is 2.27. The van der Waals surface area contributed by atoms with E-state index in [0.29, 0.717) is 0 Å². The predicted octanol–water partition coefficient (Wildman–Crippen LogP) is 7.41. The summed E-state index contributed by atoms with van der Waals surface area (Å²) < 4.78 is 0. The molecule has 0 N–H and O–H groups in total. The number of rotatable bonds is 4. The van der Waals surface area contributed by atoms with Gasteiger partial charge >= 0.3 is 0 Å². The Hall–Kier alpha value is -2.41. The maximum Gasteiger partial charge on any atom is 0.126 e. The molecule has 0 unspecified atom stereocenters. The third-order valence-electron chi connectivity index (χ3n) is 3.56. The molecule has 0 aliphatic heterocycles. The number of ketones is 1. The standard InChI is InChI=1S/C20H22.C3H6O.C2H6/c1-4-16(2)7-5-9-18-11-13-19(14-12-18)20-10-6-8-17(3)15-20;1-3(2)4;1-2/h4-11,13,15H,1,12,14H2,2-3H3;1-2H3;1-2H3/b9-5+,16-7-;;. The smallest absolute Gasteiger partial charge is 0.126 e. The molecule has 0 atom stereocenters. The minimum absolute atomic E-state index is 0.167. The van der Waals surface area contributed by atoms with Gasteiger partial charge in [-0.15, -0.1) is 0 Å². The minimum Gasteiger partial charge on any atom is -0.300 e. The molecular weight excluding hydrogens is 316 g/mol. The quantitative estimate of drug-likeness (QED) is 0.517. The van der Waals surface area contributed by atoms with Gasteiger partial charge in [0.25, 0.3) is 0 Å². The summed E-state index contributed by atoms with van der Waals surface area (Å²) in [6.07, 6.45) is 15.0. The highest BCUT2D eigenvalue weighted by Gasteiger charge is 2.06. The van der Waals surface area contributed by atoms with Gasteiger partial charge in [-0.3, -0.25) is 0 Å². The monoisotopic (exact) mass is 350 g/mol. The lowest BCUT2D eigenvalue weighted by molar-refractivity contribution is -0.114. The molecule has 0 bridgehead atoms. The van der Waals surface area contributed by atoms with E-state index >= 15 is 0 Å². The molecular formula is C25H34O. The van der Waals surface area contributed by atoms with Gasteiger partial charge in [0, 0.05) is 0 Å². The first-order valence-corrected chi connectivity index (χ1v) is 9.33. The summed E-state index contributed by atoms with van der Waals surface area (Å²) in [6.45, 7) is 15.0. The number of allylic oxidation sites excluding steroid dienone is 9. The zero-order chi connectivity index (χ0) is 19.9. The first-order chi connectivity index (χ1) is 12.4. The van der Waals surface area contributed by atoms with Crippen molar-refractivity contribution < 1.29 is 4.79 Å². The molecule has 0 saturated carbocycles. The first kappa shape index (κ1) is 23.6. The van der Waals surface area contributed by atoms with Crippen molar-refractivity contribution in [3.8, 4) is 0 Å². The molecule has 0 radical (unpaired) electrons. The van der Waals surface area contributed by atoms with Crippen LogP contribution in [0.1, 0.15) is 58.6 Å². The molecule has 1 aromatic carbocycles. The highest BCUT2D eigenvalue weighted by Crippen LogP contribution is 2.27. The summed E-state index contributed by atoms with van der Waals surface area (Å²) in [6, 6.07) is 8.74. The van der Waals surface area contributed by atoms with Crippen molar-refractivity contribution in [2.45, 2.75) is 54.4 Å². The third kappa shape index (κ3) is 10.5. The van der Waals surface area contributed by atoms with Crippen LogP contribution in [0.5, 0.6) is 0 Å². The number of carbonyl (C=O) groups excluding carboxylic acids is 1. The second-order valence-electron chi connectivity index (χ2n) is 6.19. The van der Waals surface area contributed by atoms with Gasteiger partial charge in [-0.2, -0.15) is 0 Å². The molecule has 1 aromatic rings. The second-order valence-corrected chi connectivity index (χ2v) is 6.19. The summed E-state index contributed by atoms with van der Waals surface area (Å²) in [7, 11) is 0. The second kappa shape index (κ2) is 13.8. The summed E-state index contributed by atoms with van der Waals surface area (Å²) in [5.41, 5.74) is 6.68. The van der Waals surface area contributed by atoms with Crippen LogP contribution in [0.15, 0.2) is 78.4 Å². The Kier molecular flexibility index (Phi) is 12.6. The molecule has 0 saturated heterocycles. The van der Waals surface area contributed by atoms with Gasteiger partial charge in [0.15, 0.2) is 0 Å². The molecule has 1 aliphatic rings. The number of hydrogen-bond donors (Lipinski definition) is 0. The van der Waals surface area contributed by atoms with E-state index in [0.717, 1.165) is 12.8 Å². The van der Waals surface area contributed by atoms with Crippen LogP contribution in [0.3, 0.4) is 0 Å². The van der Waals surface area contributed by atoms with E-state index in [-0.39, 0.29) is 5.78 Å². The van der Waals surface area contributed by atoms with Gasteiger partial charge in [0.1, 0.15) is 5.78 Å². The van der Waals surface area contributed by atoms with Crippen LogP contribution in [0, 0.1) is 6.92 Å². The Balaban J connectivity index is 0.000000920. The number of Topliss-reactive ketones (excluding diaryl/α,β-unsaturated/α-hetero) is 1. The fourth-order valence-corrected chi connectivity index (χ4v) is 2.27. The maximum absolute atomic E-state index is 9.44. The highest BCUT2D eigenvalue weighted by atomic mass is 16.1. The maximum atomic E-state index is 9.44. The van der Waals surface area contributed by atoms with Crippen LogP contribution < -0.4 is 0 Å². The van der Waals surface area contributed by atoms with Gasteiger partial charge < -0.3 is 4.79 Å². The lowest BCUT2D eigenvalue weighted by Crippen LogP contribution is -1.92.